The lowest BCUT2D eigenvalue weighted by Gasteiger charge is -2.33. The first kappa shape index (κ1) is 17.4. The number of likely N-dealkylation sites (N-methyl/N-ethyl adjacent to an activating group) is 1. The lowest BCUT2D eigenvalue weighted by Crippen LogP contribution is -2.48. The molecule has 2 aromatic rings. The maximum Gasteiger partial charge on any atom is 0.272 e. The van der Waals surface area contributed by atoms with Gasteiger partial charge in [-0.15, -0.1) is 0 Å². The number of hydrogen-bond donors (Lipinski definition) is 1. The van der Waals surface area contributed by atoms with E-state index < -0.39 is 0 Å². The van der Waals surface area contributed by atoms with E-state index in [2.05, 4.69) is 58.3 Å². The zero-order chi connectivity index (χ0) is 17.6. The highest BCUT2D eigenvalue weighted by molar-refractivity contribution is 5.93. The molecule has 0 saturated carbocycles. The Morgan fingerprint density at radius 3 is 2.52 bits per heavy atom. The largest absolute Gasteiger partial charge is 0.366 e. The summed E-state index contributed by atoms with van der Waals surface area (Å²) < 4.78 is 0. The first-order chi connectivity index (χ1) is 12.2. The number of hydrogen-bond acceptors (Lipinski definition) is 5. The van der Waals surface area contributed by atoms with Crippen molar-refractivity contribution in [3.8, 4) is 0 Å². The molecular weight excluding hydrogens is 314 g/mol. The van der Waals surface area contributed by atoms with Crippen molar-refractivity contribution in [3.05, 3.63) is 53.5 Å². The number of nitrogens with one attached hydrogen (secondary N) is 1. The van der Waals surface area contributed by atoms with Gasteiger partial charge in [-0.05, 0) is 19.0 Å². The van der Waals surface area contributed by atoms with E-state index in [1.807, 2.05) is 4.90 Å². The molecule has 0 spiro atoms. The molecule has 0 bridgehead atoms. The van der Waals surface area contributed by atoms with Gasteiger partial charge in [-0.3, -0.25) is 4.79 Å². The summed E-state index contributed by atoms with van der Waals surface area (Å²) in [7, 11) is 0. The van der Waals surface area contributed by atoms with Crippen LogP contribution in [0.25, 0.3) is 0 Å². The summed E-state index contributed by atoms with van der Waals surface area (Å²) in [5.74, 6) is 0.655. The van der Waals surface area contributed by atoms with Crippen molar-refractivity contribution < 1.29 is 4.79 Å². The Labute approximate surface area is 148 Å². The smallest absolute Gasteiger partial charge is 0.272 e. The maximum atomic E-state index is 12.6. The molecule has 1 N–H and O–H groups in total. The van der Waals surface area contributed by atoms with Gasteiger partial charge in [-0.25, -0.2) is 9.97 Å². The van der Waals surface area contributed by atoms with Gasteiger partial charge in [-0.1, -0.05) is 36.8 Å². The molecule has 0 radical (unpaired) electrons. The molecule has 1 aliphatic heterocycles. The summed E-state index contributed by atoms with van der Waals surface area (Å²) in [5.41, 5.74) is 2.86. The molecular formula is C19H25N5O. The van der Waals surface area contributed by atoms with E-state index in [1.54, 1.807) is 6.07 Å². The molecule has 132 valence electrons. The highest BCUT2D eigenvalue weighted by atomic mass is 16.2. The number of aromatic nitrogens is 2. The van der Waals surface area contributed by atoms with Crippen molar-refractivity contribution in [3.63, 3.8) is 0 Å². The lowest BCUT2D eigenvalue weighted by molar-refractivity contribution is 0.0637. The SMILES string of the molecule is CCN1CCN(C(=O)c2cc(NCc3ccc(C)cc3)ncn2)CC1. The van der Waals surface area contributed by atoms with Crippen LogP contribution >= 0.6 is 0 Å². The van der Waals surface area contributed by atoms with Gasteiger partial charge in [0.1, 0.15) is 17.8 Å². The number of nitrogens with zero attached hydrogens (tertiary/aromatic N) is 4. The zero-order valence-electron chi connectivity index (χ0n) is 14.9. The van der Waals surface area contributed by atoms with E-state index in [-0.39, 0.29) is 5.91 Å². The molecule has 6 heteroatoms. The molecule has 0 atom stereocenters. The molecule has 1 aliphatic rings. The third-order valence-corrected chi connectivity index (χ3v) is 4.59. The van der Waals surface area contributed by atoms with Crippen LogP contribution in [0.3, 0.4) is 0 Å². The molecule has 2 heterocycles. The number of anilines is 1. The van der Waals surface area contributed by atoms with Crippen LogP contribution in [0.1, 0.15) is 28.5 Å². The maximum absolute atomic E-state index is 12.6. The molecule has 6 nitrogen and oxygen atoms in total. The summed E-state index contributed by atoms with van der Waals surface area (Å²) in [6.45, 7) is 9.26. The second-order valence-corrected chi connectivity index (χ2v) is 6.35. The Morgan fingerprint density at radius 1 is 1.12 bits per heavy atom. The van der Waals surface area contributed by atoms with Gasteiger partial charge in [0.15, 0.2) is 0 Å². The highest BCUT2D eigenvalue weighted by Gasteiger charge is 2.22. The van der Waals surface area contributed by atoms with Crippen LogP contribution in [0.5, 0.6) is 0 Å². The summed E-state index contributed by atoms with van der Waals surface area (Å²) in [6, 6.07) is 10.1. The van der Waals surface area contributed by atoms with Crippen LogP contribution in [-0.4, -0.2) is 58.4 Å². The number of rotatable bonds is 5. The average Bonchev–Trinajstić information content (AvgIpc) is 2.67. The number of carbonyl (C=O) groups excluding carboxylic acids is 1. The minimum Gasteiger partial charge on any atom is -0.366 e. The van der Waals surface area contributed by atoms with E-state index in [0.717, 1.165) is 32.7 Å². The number of amides is 1. The van der Waals surface area contributed by atoms with Crippen molar-refractivity contribution in [2.24, 2.45) is 0 Å². The molecule has 1 saturated heterocycles. The second-order valence-electron chi connectivity index (χ2n) is 6.35. The van der Waals surface area contributed by atoms with E-state index in [1.165, 1.54) is 17.5 Å². The molecule has 1 aromatic heterocycles. The first-order valence-electron chi connectivity index (χ1n) is 8.79. The normalized spacial score (nSPS) is 15.2. The van der Waals surface area contributed by atoms with Crippen LogP contribution in [0.4, 0.5) is 5.82 Å². The average molecular weight is 339 g/mol. The first-order valence-corrected chi connectivity index (χ1v) is 8.79. The zero-order valence-corrected chi connectivity index (χ0v) is 14.9. The van der Waals surface area contributed by atoms with Crippen LogP contribution in [0.15, 0.2) is 36.7 Å². The van der Waals surface area contributed by atoms with Crippen molar-refractivity contribution in [1.82, 2.24) is 19.8 Å². The van der Waals surface area contributed by atoms with Gasteiger partial charge in [0, 0.05) is 38.8 Å². The van der Waals surface area contributed by atoms with Crippen molar-refractivity contribution in [2.75, 3.05) is 38.0 Å². The fourth-order valence-electron chi connectivity index (χ4n) is 2.90. The Bertz CT molecular complexity index is 708. The fraction of sp³-hybridized carbons (Fsp3) is 0.421. The quantitative estimate of drug-likeness (QED) is 0.905. The third-order valence-electron chi connectivity index (χ3n) is 4.59. The standard InChI is InChI=1S/C19H25N5O/c1-3-23-8-10-24(11-9-23)19(25)17-12-18(22-14-21-17)20-13-16-6-4-15(2)5-7-16/h4-7,12,14H,3,8-11,13H2,1-2H3,(H,20,21,22). The number of carbonyl (C=O) groups is 1. The Balaban J connectivity index is 1.61. The number of aryl methyl sites for hydroxylation is 1. The summed E-state index contributed by atoms with van der Waals surface area (Å²) in [4.78, 5) is 25.3. The van der Waals surface area contributed by atoms with Gasteiger partial charge >= 0.3 is 0 Å². The summed E-state index contributed by atoms with van der Waals surface area (Å²) >= 11 is 0. The molecule has 3 rings (SSSR count). The highest BCUT2D eigenvalue weighted by Crippen LogP contribution is 2.11. The van der Waals surface area contributed by atoms with Gasteiger partial charge in [0.2, 0.25) is 0 Å². The third kappa shape index (κ3) is 4.54. The Hall–Kier alpha value is -2.47. The van der Waals surface area contributed by atoms with Crippen molar-refractivity contribution in [2.45, 2.75) is 20.4 Å². The topological polar surface area (TPSA) is 61.4 Å². The molecule has 1 fully saturated rings. The molecule has 25 heavy (non-hydrogen) atoms. The summed E-state index contributed by atoms with van der Waals surface area (Å²) in [5, 5.41) is 3.26. The van der Waals surface area contributed by atoms with E-state index in [9.17, 15) is 4.79 Å². The number of benzene rings is 1. The van der Waals surface area contributed by atoms with Crippen molar-refractivity contribution in [1.29, 1.82) is 0 Å². The van der Waals surface area contributed by atoms with E-state index in [4.69, 9.17) is 0 Å². The Kier molecular flexibility index (Phi) is 5.60. The van der Waals surface area contributed by atoms with Gasteiger partial charge in [0.05, 0.1) is 0 Å². The van der Waals surface area contributed by atoms with Crippen LogP contribution in [-0.2, 0) is 6.54 Å². The van der Waals surface area contributed by atoms with E-state index in [0.29, 0.717) is 18.1 Å². The predicted octanol–water partition coefficient (Wildman–Crippen LogP) is 2.17. The lowest BCUT2D eigenvalue weighted by atomic mass is 10.1. The minimum absolute atomic E-state index is 0.0171. The van der Waals surface area contributed by atoms with Crippen LogP contribution < -0.4 is 5.32 Å². The number of piperazine rings is 1. The van der Waals surface area contributed by atoms with Gasteiger partial charge in [-0.2, -0.15) is 0 Å². The van der Waals surface area contributed by atoms with Gasteiger partial charge < -0.3 is 15.1 Å². The fourth-order valence-corrected chi connectivity index (χ4v) is 2.90. The monoisotopic (exact) mass is 339 g/mol. The minimum atomic E-state index is -0.0171. The molecule has 0 unspecified atom stereocenters. The summed E-state index contributed by atoms with van der Waals surface area (Å²) in [6.07, 6.45) is 1.45. The second kappa shape index (κ2) is 8.07. The van der Waals surface area contributed by atoms with Gasteiger partial charge in [0.25, 0.3) is 5.91 Å². The molecule has 1 amide bonds. The Morgan fingerprint density at radius 2 is 1.84 bits per heavy atom. The van der Waals surface area contributed by atoms with E-state index >= 15 is 0 Å². The predicted molar refractivity (Wildman–Crippen MR) is 98.6 cm³/mol. The van der Waals surface area contributed by atoms with Crippen LogP contribution in [0.2, 0.25) is 0 Å². The molecule has 0 aliphatic carbocycles. The van der Waals surface area contributed by atoms with Crippen molar-refractivity contribution >= 4 is 11.7 Å². The molecule has 1 aromatic carbocycles. The van der Waals surface area contributed by atoms with Crippen LogP contribution in [0, 0.1) is 6.92 Å².